The molecule has 0 bridgehead atoms. The molecule has 13 heavy (non-hydrogen) atoms. The second kappa shape index (κ2) is 3.29. The summed E-state index contributed by atoms with van der Waals surface area (Å²) in [7, 11) is 1.90. The minimum absolute atomic E-state index is 0.133. The molecule has 1 rings (SSSR count). The van der Waals surface area contributed by atoms with Gasteiger partial charge in [-0.2, -0.15) is 0 Å². The zero-order valence-electron chi connectivity index (χ0n) is 8.81. The van der Waals surface area contributed by atoms with Gasteiger partial charge in [0.05, 0.1) is 11.4 Å². The van der Waals surface area contributed by atoms with Gasteiger partial charge in [-0.1, -0.05) is 32.9 Å². The lowest BCUT2D eigenvalue weighted by molar-refractivity contribution is 0.592. The van der Waals surface area contributed by atoms with E-state index < -0.39 is 0 Å². The molecule has 3 N–H and O–H groups in total. The minimum atomic E-state index is 0.133. The summed E-state index contributed by atoms with van der Waals surface area (Å²) in [5, 5.41) is 3.15. The molecule has 0 radical (unpaired) electrons. The molecule has 0 amide bonds. The van der Waals surface area contributed by atoms with Crippen molar-refractivity contribution < 1.29 is 0 Å². The first-order chi connectivity index (χ1) is 5.96. The highest BCUT2D eigenvalue weighted by Crippen LogP contribution is 2.32. The lowest BCUT2D eigenvalue weighted by atomic mass is 9.85. The molecule has 2 heteroatoms. The van der Waals surface area contributed by atoms with Gasteiger partial charge in [-0.25, -0.2) is 0 Å². The quantitative estimate of drug-likeness (QED) is 0.649. The number of hydrogen-bond donors (Lipinski definition) is 2. The molecule has 0 aliphatic rings. The van der Waals surface area contributed by atoms with Crippen LogP contribution < -0.4 is 11.1 Å². The molecule has 2 nitrogen and oxygen atoms in total. The minimum Gasteiger partial charge on any atom is -0.397 e. The van der Waals surface area contributed by atoms with Crippen molar-refractivity contribution in [3.8, 4) is 0 Å². The van der Waals surface area contributed by atoms with Gasteiger partial charge < -0.3 is 11.1 Å². The van der Waals surface area contributed by atoms with Gasteiger partial charge in [0.25, 0.3) is 0 Å². The van der Waals surface area contributed by atoms with E-state index in [-0.39, 0.29) is 5.41 Å². The van der Waals surface area contributed by atoms with Crippen molar-refractivity contribution >= 4 is 11.4 Å². The first-order valence-corrected chi connectivity index (χ1v) is 4.53. The maximum atomic E-state index is 5.87. The van der Waals surface area contributed by atoms with Gasteiger partial charge >= 0.3 is 0 Å². The number of benzene rings is 1. The smallest absolute Gasteiger partial charge is 0.0609 e. The molecule has 1 aromatic rings. The van der Waals surface area contributed by atoms with Gasteiger partial charge in [0.2, 0.25) is 0 Å². The van der Waals surface area contributed by atoms with E-state index in [9.17, 15) is 0 Å². The van der Waals surface area contributed by atoms with Crippen LogP contribution in [0.3, 0.4) is 0 Å². The number of para-hydroxylation sites is 1. The Morgan fingerprint density at radius 3 is 2.23 bits per heavy atom. The molecule has 0 heterocycles. The van der Waals surface area contributed by atoms with Crippen molar-refractivity contribution in [2.45, 2.75) is 26.2 Å². The van der Waals surface area contributed by atoms with Gasteiger partial charge in [-0.3, -0.25) is 0 Å². The Morgan fingerprint density at radius 2 is 1.85 bits per heavy atom. The summed E-state index contributed by atoms with van der Waals surface area (Å²) in [6.07, 6.45) is 0. The fourth-order valence-corrected chi connectivity index (χ4v) is 1.47. The summed E-state index contributed by atoms with van der Waals surface area (Å²) >= 11 is 0. The van der Waals surface area contributed by atoms with Crippen molar-refractivity contribution in [2.24, 2.45) is 0 Å². The van der Waals surface area contributed by atoms with E-state index in [1.165, 1.54) is 5.56 Å². The maximum absolute atomic E-state index is 5.87. The molecule has 0 spiro atoms. The molecule has 72 valence electrons. The van der Waals surface area contributed by atoms with Gasteiger partial charge in [-0.05, 0) is 17.0 Å². The van der Waals surface area contributed by atoms with E-state index in [0.717, 1.165) is 11.4 Å². The summed E-state index contributed by atoms with van der Waals surface area (Å²) in [6, 6.07) is 6.03. The highest BCUT2D eigenvalue weighted by Gasteiger charge is 2.18. The van der Waals surface area contributed by atoms with Crippen molar-refractivity contribution in [3.63, 3.8) is 0 Å². The molecular formula is C11H18N2. The Balaban J connectivity index is 3.29. The molecular weight excluding hydrogens is 160 g/mol. The highest BCUT2D eigenvalue weighted by molar-refractivity contribution is 5.71. The van der Waals surface area contributed by atoms with Crippen LogP contribution in [0.1, 0.15) is 26.3 Å². The van der Waals surface area contributed by atoms with Crippen molar-refractivity contribution in [1.29, 1.82) is 0 Å². The normalized spacial score (nSPS) is 11.4. The fourth-order valence-electron chi connectivity index (χ4n) is 1.47. The summed E-state index contributed by atoms with van der Waals surface area (Å²) < 4.78 is 0. The molecule has 0 aromatic heterocycles. The first-order valence-electron chi connectivity index (χ1n) is 4.53. The Morgan fingerprint density at radius 1 is 1.23 bits per heavy atom. The molecule has 0 atom stereocenters. The molecule has 0 saturated heterocycles. The van der Waals surface area contributed by atoms with Gasteiger partial charge in [0.1, 0.15) is 0 Å². The van der Waals surface area contributed by atoms with Crippen LogP contribution >= 0.6 is 0 Å². The van der Waals surface area contributed by atoms with E-state index in [4.69, 9.17) is 5.73 Å². The third-order valence-corrected chi connectivity index (χ3v) is 2.15. The Bertz CT molecular complexity index is 297. The predicted molar refractivity (Wildman–Crippen MR) is 59.1 cm³/mol. The van der Waals surface area contributed by atoms with Crippen molar-refractivity contribution in [1.82, 2.24) is 0 Å². The Labute approximate surface area is 80.1 Å². The summed E-state index contributed by atoms with van der Waals surface area (Å²) in [5.41, 5.74) is 9.12. The molecule has 0 unspecified atom stereocenters. The lowest BCUT2D eigenvalue weighted by Crippen LogP contribution is -2.14. The van der Waals surface area contributed by atoms with Gasteiger partial charge in [0, 0.05) is 7.05 Å². The molecule has 0 aliphatic carbocycles. The SMILES string of the molecule is CNc1c(N)cccc1C(C)(C)C. The average Bonchev–Trinajstić information content (AvgIpc) is 2.02. The lowest BCUT2D eigenvalue weighted by Gasteiger charge is -2.23. The second-order valence-corrected chi connectivity index (χ2v) is 4.27. The zero-order valence-corrected chi connectivity index (χ0v) is 8.81. The van der Waals surface area contributed by atoms with Crippen LogP contribution in [-0.4, -0.2) is 7.05 Å². The third kappa shape index (κ3) is 1.94. The fraction of sp³-hybridized carbons (Fsp3) is 0.455. The standard InChI is InChI=1S/C11H18N2/c1-11(2,3)8-6-5-7-9(12)10(8)13-4/h5-7,13H,12H2,1-4H3. The molecule has 0 fully saturated rings. The van der Waals surface area contributed by atoms with E-state index in [2.05, 4.69) is 32.2 Å². The van der Waals surface area contributed by atoms with Crippen LogP contribution in [0.2, 0.25) is 0 Å². The van der Waals surface area contributed by atoms with E-state index in [0.29, 0.717) is 0 Å². The largest absolute Gasteiger partial charge is 0.397 e. The van der Waals surface area contributed by atoms with Crippen LogP contribution in [0.15, 0.2) is 18.2 Å². The zero-order chi connectivity index (χ0) is 10.1. The van der Waals surface area contributed by atoms with E-state index in [1.54, 1.807) is 0 Å². The van der Waals surface area contributed by atoms with Crippen molar-refractivity contribution in [2.75, 3.05) is 18.1 Å². The Kier molecular flexibility index (Phi) is 2.50. The number of nitrogens with one attached hydrogen (secondary N) is 1. The Hall–Kier alpha value is -1.18. The van der Waals surface area contributed by atoms with E-state index >= 15 is 0 Å². The number of nitrogens with two attached hydrogens (primary N) is 1. The molecule has 1 aromatic carbocycles. The summed E-state index contributed by atoms with van der Waals surface area (Å²) in [4.78, 5) is 0. The summed E-state index contributed by atoms with van der Waals surface area (Å²) in [5.74, 6) is 0. The average molecular weight is 178 g/mol. The first kappa shape index (κ1) is 9.90. The predicted octanol–water partition coefficient (Wildman–Crippen LogP) is 2.61. The maximum Gasteiger partial charge on any atom is 0.0609 e. The second-order valence-electron chi connectivity index (χ2n) is 4.27. The van der Waals surface area contributed by atoms with Crippen LogP contribution in [0.25, 0.3) is 0 Å². The third-order valence-electron chi connectivity index (χ3n) is 2.15. The van der Waals surface area contributed by atoms with Gasteiger partial charge in [-0.15, -0.1) is 0 Å². The van der Waals surface area contributed by atoms with Crippen molar-refractivity contribution in [3.05, 3.63) is 23.8 Å². The van der Waals surface area contributed by atoms with Crippen LogP contribution in [0, 0.1) is 0 Å². The van der Waals surface area contributed by atoms with E-state index in [1.807, 2.05) is 19.2 Å². The number of anilines is 2. The van der Waals surface area contributed by atoms with Crippen LogP contribution in [0.4, 0.5) is 11.4 Å². The summed E-state index contributed by atoms with van der Waals surface area (Å²) in [6.45, 7) is 6.55. The number of rotatable bonds is 1. The highest BCUT2D eigenvalue weighted by atomic mass is 14.9. The van der Waals surface area contributed by atoms with Crippen LogP contribution in [-0.2, 0) is 5.41 Å². The number of nitrogen functional groups attached to an aromatic ring is 1. The van der Waals surface area contributed by atoms with Crippen LogP contribution in [0.5, 0.6) is 0 Å². The van der Waals surface area contributed by atoms with Gasteiger partial charge in [0.15, 0.2) is 0 Å². The number of hydrogen-bond acceptors (Lipinski definition) is 2. The monoisotopic (exact) mass is 178 g/mol. The molecule has 0 saturated carbocycles. The topological polar surface area (TPSA) is 38.0 Å². The molecule has 0 aliphatic heterocycles.